The number of hydrogen-bond acceptors (Lipinski definition) is 3. The fourth-order valence-corrected chi connectivity index (χ4v) is 2.82. The molecule has 1 aromatic rings. The summed E-state index contributed by atoms with van der Waals surface area (Å²) in [5, 5.41) is 4.27. The number of halogens is 1. The first-order valence-corrected chi connectivity index (χ1v) is 8.05. The van der Waals surface area contributed by atoms with Gasteiger partial charge in [0.15, 0.2) is 0 Å². The number of nitrogens with zero attached hydrogens (tertiary/aromatic N) is 2. The fraction of sp³-hybridized carbons (Fsp3) is 0.750. The molecule has 1 heterocycles. The topological polar surface area (TPSA) is 37.8 Å². The molecule has 0 aromatic carbocycles. The average Bonchev–Trinajstić information content (AvgIpc) is 3.23. The van der Waals surface area contributed by atoms with Gasteiger partial charge >= 0.3 is 0 Å². The molecule has 2 aliphatic carbocycles. The number of hydrogen-bond donors (Lipinski definition) is 1. The summed E-state index contributed by atoms with van der Waals surface area (Å²) < 4.78 is 0. The molecule has 0 saturated heterocycles. The second-order valence-corrected chi connectivity index (χ2v) is 7.76. The summed E-state index contributed by atoms with van der Waals surface area (Å²) in [7, 11) is 0. The van der Waals surface area contributed by atoms with E-state index in [2.05, 4.69) is 31.1 Å². The summed E-state index contributed by atoms with van der Waals surface area (Å²) >= 11 is 6.31. The molecule has 3 rings (SSSR count). The van der Waals surface area contributed by atoms with Gasteiger partial charge in [-0.2, -0.15) is 0 Å². The molecule has 0 atom stereocenters. The SMILES string of the molecule is Cc1c(Cl)nc(C(C)(C)C)nc1NC(C1CC1)C1CC1. The monoisotopic (exact) mass is 293 g/mol. The van der Waals surface area contributed by atoms with E-state index >= 15 is 0 Å². The molecule has 4 heteroatoms. The van der Waals surface area contributed by atoms with Crippen molar-refractivity contribution in [2.75, 3.05) is 5.32 Å². The van der Waals surface area contributed by atoms with E-state index in [1.807, 2.05) is 6.92 Å². The van der Waals surface area contributed by atoms with Gasteiger partial charge < -0.3 is 5.32 Å². The van der Waals surface area contributed by atoms with Crippen molar-refractivity contribution in [3.8, 4) is 0 Å². The van der Waals surface area contributed by atoms with Crippen molar-refractivity contribution < 1.29 is 0 Å². The first kappa shape index (κ1) is 14.1. The Morgan fingerprint density at radius 3 is 2.10 bits per heavy atom. The van der Waals surface area contributed by atoms with Gasteiger partial charge in [0.1, 0.15) is 16.8 Å². The first-order valence-electron chi connectivity index (χ1n) is 7.67. The zero-order valence-corrected chi connectivity index (χ0v) is 13.6. The summed E-state index contributed by atoms with van der Waals surface area (Å²) in [5.41, 5.74) is 0.897. The van der Waals surface area contributed by atoms with Crippen LogP contribution in [0.5, 0.6) is 0 Å². The van der Waals surface area contributed by atoms with Crippen molar-refractivity contribution in [3.63, 3.8) is 0 Å². The maximum Gasteiger partial charge on any atom is 0.137 e. The van der Waals surface area contributed by atoms with Crippen LogP contribution in [0.25, 0.3) is 0 Å². The minimum absolute atomic E-state index is 0.0809. The second kappa shape index (κ2) is 4.87. The van der Waals surface area contributed by atoms with Gasteiger partial charge in [-0.05, 0) is 44.4 Å². The average molecular weight is 294 g/mol. The highest BCUT2D eigenvalue weighted by Gasteiger charge is 2.42. The predicted molar refractivity (Wildman–Crippen MR) is 83.3 cm³/mol. The summed E-state index contributed by atoms with van der Waals surface area (Å²) in [6.45, 7) is 8.37. The zero-order chi connectivity index (χ0) is 14.5. The molecular weight excluding hydrogens is 270 g/mol. The van der Waals surface area contributed by atoms with Gasteiger partial charge in [0.05, 0.1) is 0 Å². The van der Waals surface area contributed by atoms with Gasteiger partial charge in [-0.15, -0.1) is 0 Å². The maximum atomic E-state index is 6.31. The Kier molecular flexibility index (Phi) is 3.44. The lowest BCUT2D eigenvalue weighted by Gasteiger charge is -2.23. The van der Waals surface area contributed by atoms with E-state index in [0.29, 0.717) is 11.2 Å². The first-order chi connectivity index (χ1) is 9.36. The summed E-state index contributed by atoms with van der Waals surface area (Å²) in [5.74, 6) is 3.45. The van der Waals surface area contributed by atoms with E-state index in [1.54, 1.807) is 0 Å². The molecular formula is C16H24ClN3. The Bertz CT molecular complexity index is 501. The van der Waals surface area contributed by atoms with Crippen LogP contribution in [0.4, 0.5) is 5.82 Å². The third kappa shape index (κ3) is 2.93. The Labute approximate surface area is 126 Å². The van der Waals surface area contributed by atoms with Crippen molar-refractivity contribution >= 4 is 17.4 Å². The highest BCUT2D eigenvalue weighted by molar-refractivity contribution is 6.30. The molecule has 0 unspecified atom stereocenters. The second-order valence-electron chi connectivity index (χ2n) is 7.41. The summed E-state index contributed by atoms with van der Waals surface area (Å²) in [6, 6.07) is 0.590. The van der Waals surface area contributed by atoms with E-state index < -0.39 is 0 Å². The van der Waals surface area contributed by atoms with Crippen LogP contribution in [-0.4, -0.2) is 16.0 Å². The molecule has 0 aliphatic heterocycles. The molecule has 110 valence electrons. The number of anilines is 1. The minimum atomic E-state index is -0.0809. The minimum Gasteiger partial charge on any atom is -0.366 e. The fourth-order valence-electron chi connectivity index (χ4n) is 2.65. The lowest BCUT2D eigenvalue weighted by molar-refractivity contribution is 0.538. The quantitative estimate of drug-likeness (QED) is 0.839. The lowest BCUT2D eigenvalue weighted by Crippen LogP contribution is -2.27. The number of aromatic nitrogens is 2. The van der Waals surface area contributed by atoms with Crippen LogP contribution in [0.3, 0.4) is 0 Å². The van der Waals surface area contributed by atoms with Gasteiger partial charge in [-0.3, -0.25) is 0 Å². The van der Waals surface area contributed by atoms with Crippen molar-refractivity contribution in [1.29, 1.82) is 0 Å². The third-order valence-electron chi connectivity index (χ3n) is 4.32. The molecule has 1 aromatic heterocycles. The van der Waals surface area contributed by atoms with Crippen LogP contribution in [0, 0.1) is 18.8 Å². The van der Waals surface area contributed by atoms with Crippen LogP contribution in [0.1, 0.15) is 57.8 Å². The van der Waals surface area contributed by atoms with E-state index in [1.165, 1.54) is 25.7 Å². The van der Waals surface area contributed by atoms with Crippen molar-refractivity contribution in [1.82, 2.24) is 9.97 Å². The van der Waals surface area contributed by atoms with Crippen LogP contribution in [-0.2, 0) is 5.41 Å². The van der Waals surface area contributed by atoms with E-state index in [9.17, 15) is 0 Å². The predicted octanol–water partition coefficient (Wildman–Crippen LogP) is 4.34. The standard InChI is InChI=1S/C16H24ClN3/c1-9-13(17)19-15(16(2,3)4)20-14(9)18-12(10-5-6-10)11-7-8-11/h10-12H,5-8H2,1-4H3,(H,18,19,20). The molecule has 1 N–H and O–H groups in total. The Balaban J connectivity index is 1.89. The maximum absolute atomic E-state index is 6.31. The molecule has 2 fully saturated rings. The van der Waals surface area contributed by atoms with E-state index in [-0.39, 0.29) is 5.41 Å². The smallest absolute Gasteiger partial charge is 0.137 e. The van der Waals surface area contributed by atoms with Crippen LogP contribution in [0.2, 0.25) is 5.15 Å². The van der Waals surface area contributed by atoms with Crippen LogP contribution < -0.4 is 5.32 Å². The van der Waals surface area contributed by atoms with Crippen LogP contribution in [0.15, 0.2) is 0 Å². The number of nitrogens with one attached hydrogen (secondary N) is 1. The van der Waals surface area contributed by atoms with Crippen molar-refractivity contribution in [3.05, 3.63) is 16.5 Å². The Morgan fingerprint density at radius 2 is 1.65 bits per heavy atom. The molecule has 20 heavy (non-hydrogen) atoms. The van der Waals surface area contributed by atoms with Gasteiger partial charge in [-0.25, -0.2) is 9.97 Å². The highest BCUT2D eigenvalue weighted by Crippen LogP contribution is 2.46. The summed E-state index contributed by atoms with van der Waals surface area (Å²) in [4.78, 5) is 9.21. The zero-order valence-electron chi connectivity index (χ0n) is 12.8. The number of rotatable bonds is 4. The summed E-state index contributed by atoms with van der Waals surface area (Å²) in [6.07, 6.45) is 5.44. The van der Waals surface area contributed by atoms with Gasteiger partial charge in [-0.1, -0.05) is 32.4 Å². The molecule has 0 bridgehead atoms. The van der Waals surface area contributed by atoms with Gasteiger partial charge in [0, 0.05) is 17.0 Å². The van der Waals surface area contributed by atoms with E-state index in [0.717, 1.165) is 29.0 Å². The molecule has 0 spiro atoms. The van der Waals surface area contributed by atoms with E-state index in [4.69, 9.17) is 16.6 Å². The molecule has 2 aliphatic rings. The van der Waals surface area contributed by atoms with Crippen LogP contribution >= 0.6 is 11.6 Å². The lowest BCUT2D eigenvalue weighted by atomic mass is 9.95. The van der Waals surface area contributed by atoms with Gasteiger partial charge in [0.25, 0.3) is 0 Å². The van der Waals surface area contributed by atoms with Gasteiger partial charge in [0.2, 0.25) is 0 Å². The Hall–Kier alpha value is -0.830. The molecule has 0 amide bonds. The van der Waals surface area contributed by atoms with Crippen molar-refractivity contribution in [2.24, 2.45) is 11.8 Å². The molecule has 3 nitrogen and oxygen atoms in total. The normalized spacial score (nSPS) is 19.5. The molecule has 0 radical (unpaired) electrons. The third-order valence-corrected chi connectivity index (χ3v) is 4.69. The van der Waals surface area contributed by atoms with Crippen molar-refractivity contribution in [2.45, 2.75) is 64.8 Å². The Morgan fingerprint density at radius 1 is 1.10 bits per heavy atom. The molecule has 2 saturated carbocycles. The highest BCUT2D eigenvalue weighted by atomic mass is 35.5. The largest absolute Gasteiger partial charge is 0.366 e.